The van der Waals surface area contributed by atoms with Gasteiger partial charge in [-0.3, -0.25) is 9.59 Å². The van der Waals surface area contributed by atoms with Gasteiger partial charge in [0.1, 0.15) is 12.3 Å². The number of aliphatic hydroxyl groups is 1. The Kier molecular flexibility index (Phi) is 6.78. The van der Waals surface area contributed by atoms with Crippen LogP contribution >= 0.6 is 0 Å². The molecule has 0 heterocycles. The van der Waals surface area contributed by atoms with Gasteiger partial charge in [0, 0.05) is 5.56 Å². The summed E-state index contributed by atoms with van der Waals surface area (Å²) in [5, 5.41) is 15.9. The number of hydrogen-bond acceptors (Lipinski definition) is 4. The van der Waals surface area contributed by atoms with Crippen LogP contribution in [0.1, 0.15) is 10.4 Å². The van der Waals surface area contributed by atoms with Gasteiger partial charge in [0.2, 0.25) is 0 Å². The Morgan fingerprint density at radius 2 is 1.93 bits per heavy atom. The molecule has 1 atom stereocenters. The highest BCUT2D eigenvalue weighted by Crippen LogP contribution is 1.91. The molecule has 0 bridgehead atoms. The van der Waals surface area contributed by atoms with Gasteiger partial charge in [-0.05, 0) is 0 Å². The molecule has 1 aromatic rings. The number of aliphatic hydroxyl groups excluding tert-OH is 1. The lowest BCUT2D eigenvalue weighted by Crippen LogP contribution is -2.33. The van der Waals surface area contributed by atoms with Crippen molar-refractivity contribution in [1.29, 1.82) is 0 Å². The van der Waals surface area contributed by atoms with E-state index in [0.717, 1.165) is 11.8 Å². The van der Waals surface area contributed by atoms with Crippen LogP contribution in [0.5, 0.6) is 0 Å². The van der Waals surface area contributed by atoms with Crippen LogP contribution in [-0.2, 0) is 4.79 Å². The number of carbonyl (C=O) groups is 2. The Hall–Kier alpha value is -1.72. The van der Waals surface area contributed by atoms with E-state index in [0.29, 0.717) is 0 Å². The third-order valence-electron chi connectivity index (χ3n) is 1.45. The van der Waals surface area contributed by atoms with Crippen LogP contribution in [0.3, 0.4) is 0 Å². The first-order valence-corrected chi connectivity index (χ1v) is 4.21. The molecule has 1 unspecified atom stereocenters. The van der Waals surface area contributed by atoms with Crippen molar-refractivity contribution in [3.63, 3.8) is 0 Å². The van der Waals surface area contributed by atoms with Crippen molar-refractivity contribution in [3.8, 4) is 0 Å². The normalized spacial score (nSPS) is 10.8. The van der Waals surface area contributed by atoms with Crippen molar-refractivity contribution in [2.45, 2.75) is 6.04 Å². The molecule has 0 amide bonds. The number of carbonyl (C=O) groups excluding carboxylic acids is 1. The molecule has 15 heavy (non-hydrogen) atoms. The minimum absolute atomic E-state index is 0.505. The molecule has 0 aliphatic carbocycles. The van der Waals surface area contributed by atoms with Crippen LogP contribution in [-0.4, -0.2) is 35.1 Å². The molecule has 0 aliphatic heterocycles. The highest BCUT2D eigenvalue weighted by molar-refractivity contribution is 5.74. The minimum atomic E-state index is -1.18. The molecule has 1 rings (SSSR count). The number of nitrogens with two attached hydrogens (primary N) is 1. The van der Waals surface area contributed by atoms with E-state index in [1.807, 2.05) is 18.2 Å². The molecule has 0 saturated carbocycles. The number of carboxylic acid groups (broad SMARTS) is 1. The SMILES string of the molecule is NC(CO)C(=O)O.O=Cc1ccccc1. The van der Waals surface area contributed by atoms with Crippen molar-refractivity contribution in [1.82, 2.24) is 0 Å². The number of aliphatic carboxylic acids is 1. The number of benzene rings is 1. The molecule has 5 heteroatoms. The number of aldehydes is 1. The first kappa shape index (κ1) is 13.3. The molecular formula is C10H13NO4. The molecule has 4 N–H and O–H groups in total. The fourth-order valence-corrected chi connectivity index (χ4v) is 0.610. The van der Waals surface area contributed by atoms with Crippen molar-refractivity contribution in [3.05, 3.63) is 35.9 Å². The fraction of sp³-hybridized carbons (Fsp3) is 0.200. The molecule has 0 aliphatic rings. The largest absolute Gasteiger partial charge is 0.480 e. The number of hydrogen-bond donors (Lipinski definition) is 3. The maximum atomic E-state index is 10.0. The lowest BCUT2D eigenvalue weighted by Gasteiger charge is -1.96. The summed E-state index contributed by atoms with van der Waals surface area (Å²) in [6, 6.07) is 7.97. The molecule has 1 aromatic carbocycles. The van der Waals surface area contributed by atoms with Crippen LogP contribution in [0.2, 0.25) is 0 Å². The summed E-state index contributed by atoms with van der Waals surface area (Å²) >= 11 is 0. The Morgan fingerprint density at radius 1 is 1.40 bits per heavy atom. The Bertz CT molecular complexity index is 300. The molecule has 5 nitrogen and oxygen atoms in total. The van der Waals surface area contributed by atoms with Gasteiger partial charge in [0.15, 0.2) is 0 Å². The molecule has 0 spiro atoms. The van der Waals surface area contributed by atoms with Crippen molar-refractivity contribution in [2.75, 3.05) is 6.61 Å². The second kappa shape index (κ2) is 7.66. The van der Waals surface area contributed by atoms with E-state index in [2.05, 4.69) is 0 Å². The van der Waals surface area contributed by atoms with Crippen LogP contribution < -0.4 is 5.73 Å². The van der Waals surface area contributed by atoms with Gasteiger partial charge in [-0.2, -0.15) is 0 Å². The number of rotatable bonds is 3. The van der Waals surface area contributed by atoms with Crippen LogP contribution in [0.25, 0.3) is 0 Å². The van der Waals surface area contributed by atoms with E-state index in [9.17, 15) is 9.59 Å². The van der Waals surface area contributed by atoms with E-state index in [1.54, 1.807) is 12.1 Å². The molecule has 0 fully saturated rings. The van der Waals surface area contributed by atoms with Gasteiger partial charge in [-0.1, -0.05) is 30.3 Å². The summed E-state index contributed by atoms with van der Waals surface area (Å²) in [7, 11) is 0. The Morgan fingerprint density at radius 3 is 2.13 bits per heavy atom. The molecule has 0 radical (unpaired) electrons. The smallest absolute Gasteiger partial charge is 0.322 e. The summed E-state index contributed by atoms with van der Waals surface area (Å²) in [6.07, 6.45) is 0.833. The lowest BCUT2D eigenvalue weighted by molar-refractivity contribution is -0.139. The van der Waals surface area contributed by atoms with E-state index in [1.165, 1.54) is 0 Å². The highest BCUT2D eigenvalue weighted by atomic mass is 16.4. The zero-order chi connectivity index (χ0) is 11.7. The van der Waals surface area contributed by atoms with Crippen molar-refractivity contribution < 1.29 is 19.8 Å². The number of carboxylic acids is 1. The predicted molar refractivity (Wildman–Crippen MR) is 54.5 cm³/mol. The zero-order valence-corrected chi connectivity index (χ0v) is 8.04. The van der Waals surface area contributed by atoms with Gasteiger partial charge in [0.25, 0.3) is 0 Å². The third kappa shape index (κ3) is 6.36. The maximum Gasteiger partial charge on any atom is 0.322 e. The van der Waals surface area contributed by atoms with Gasteiger partial charge in [-0.25, -0.2) is 0 Å². The fourth-order valence-electron chi connectivity index (χ4n) is 0.610. The Balaban J connectivity index is 0.000000265. The minimum Gasteiger partial charge on any atom is -0.480 e. The molecular weight excluding hydrogens is 198 g/mol. The molecule has 0 saturated heterocycles. The summed E-state index contributed by atoms with van der Waals surface area (Å²) in [6.45, 7) is -0.505. The van der Waals surface area contributed by atoms with Gasteiger partial charge >= 0.3 is 5.97 Å². The second-order valence-corrected chi connectivity index (χ2v) is 2.66. The molecule has 82 valence electrons. The topological polar surface area (TPSA) is 101 Å². The van der Waals surface area contributed by atoms with E-state index >= 15 is 0 Å². The average molecular weight is 211 g/mol. The summed E-state index contributed by atoms with van der Waals surface area (Å²) in [5.74, 6) is -1.18. The first-order valence-electron chi connectivity index (χ1n) is 4.21. The van der Waals surface area contributed by atoms with E-state index < -0.39 is 18.6 Å². The summed E-state index contributed by atoms with van der Waals surface area (Å²) < 4.78 is 0. The van der Waals surface area contributed by atoms with Gasteiger partial charge < -0.3 is 15.9 Å². The second-order valence-electron chi connectivity index (χ2n) is 2.66. The van der Waals surface area contributed by atoms with Crippen LogP contribution in [0, 0.1) is 0 Å². The Labute approximate surface area is 87.1 Å². The maximum absolute atomic E-state index is 10.0. The van der Waals surface area contributed by atoms with E-state index in [-0.39, 0.29) is 0 Å². The standard InChI is InChI=1S/C7H6O.C3H7NO3/c8-6-7-4-2-1-3-5-7;4-2(1-5)3(6)7/h1-6H;2,5H,1,4H2,(H,6,7). The predicted octanol–water partition coefficient (Wildman–Crippen LogP) is -0.110. The monoisotopic (exact) mass is 211 g/mol. The lowest BCUT2D eigenvalue weighted by atomic mass is 10.2. The zero-order valence-electron chi connectivity index (χ0n) is 8.04. The first-order chi connectivity index (χ1) is 7.11. The van der Waals surface area contributed by atoms with Gasteiger partial charge in [-0.15, -0.1) is 0 Å². The van der Waals surface area contributed by atoms with Crippen molar-refractivity contribution in [2.24, 2.45) is 5.73 Å². The molecule has 0 aromatic heterocycles. The summed E-state index contributed by atoms with van der Waals surface area (Å²) in [5.41, 5.74) is 5.50. The van der Waals surface area contributed by atoms with Crippen LogP contribution in [0.4, 0.5) is 0 Å². The van der Waals surface area contributed by atoms with Gasteiger partial charge in [0.05, 0.1) is 6.61 Å². The average Bonchev–Trinajstić information content (AvgIpc) is 2.29. The highest BCUT2D eigenvalue weighted by Gasteiger charge is 2.06. The third-order valence-corrected chi connectivity index (χ3v) is 1.45. The van der Waals surface area contributed by atoms with Crippen LogP contribution in [0.15, 0.2) is 30.3 Å². The quantitative estimate of drug-likeness (QED) is 0.605. The van der Waals surface area contributed by atoms with E-state index in [4.69, 9.17) is 15.9 Å². The summed E-state index contributed by atoms with van der Waals surface area (Å²) in [4.78, 5) is 19.7. The van der Waals surface area contributed by atoms with Crippen molar-refractivity contribution >= 4 is 12.3 Å².